The molecule has 3 nitrogen and oxygen atoms in total. The van der Waals surface area contributed by atoms with Gasteiger partial charge in [-0.05, 0) is 28.5 Å². The highest BCUT2D eigenvalue weighted by Gasteiger charge is 2.26. The summed E-state index contributed by atoms with van der Waals surface area (Å²) < 4.78 is 0.448. The summed E-state index contributed by atoms with van der Waals surface area (Å²) in [5, 5.41) is 13.3. The van der Waals surface area contributed by atoms with Gasteiger partial charge in [-0.25, -0.2) is 0 Å². The van der Waals surface area contributed by atoms with Crippen LogP contribution in [0.5, 0.6) is 5.75 Å². The molecule has 0 saturated carbocycles. The van der Waals surface area contributed by atoms with Crippen molar-refractivity contribution in [3.63, 3.8) is 0 Å². The molecule has 23 heavy (non-hydrogen) atoms. The number of nitrogens with one attached hydrogen (secondary N) is 1. The third-order valence-electron chi connectivity index (χ3n) is 3.74. The first-order valence-electron chi connectivity index (χ1n) is 7.52. The first-order valence-corrected chi connectivity index (χ1v) is 8.75. The Balaban J connectivity index is 2.66. The second-order valence-corrected chi connectivity index (χ2v) is 9.53. The van der Waals surface area contributed by atoms with Crippen molar-refractivity contribution >= 4 is 40.3 Å². The molecule has 0 radical (unpaired) electrons. The van der Waals surface area contributed by atoms with Crippen molar-refractivity contribution in [2.75, 3.05) is 0 Å². The fraction of sp³-hybridized carbons (Fsp3) is 0.444. The molecule has 1 aromatic carbocycles. The van der Waals surface area contributed by atoms with E-state index in [9.17, 15) is 9.90 Å². The van der Waals surface area contributed by atoms with Crippen molar-refractivity contribution in [2.45, 2.75) is 52.4 Å². The lowest BCUT2D eigenvalue weighted by atomic mass is 9.79. The maximum atomic E-state index is 11.9. The number of rotatable bonds is 1. The predicted molar refractivity (Wildman–Crippen MR) is 102 cm³/mol. The average Bonchev–Trinajstić information content (AvgIpc) is 2.67. The number of hydrogen-bond donors (Lipinski definition) is 2. The van der Waals surface area contributed by atoms with E-state index in [1.165, 1.54) is 11.8 Å². The van der Waals surface area contributed by atoms with Crippen molar-refractivity contribution in [3.05, 3.63) is 33.7 Å². The summed E-state index contributed by atoms with van der Waals surface area (Å²) in [6.45, 7) is 12.6. The molecule has 1 saturated heterocycles. The number of carbonyl (C=O) groups is 1. The van der Waals surface area contributed by atoms with Crippen molar-refractivity contribution in [2.24, 2.45) is 0 Å². The van der Waals surface area contributed by atoms with E-state index < -0.39 is 0 Å². The SMILES string of the molecule is CC(C)(C)c1cc(/C=C2\SC(=S)NC2=O)c(O)c(C(C)(C)C)c1. The Morgan fingerprint density at radius 1 is 1.13 bits per heavy atom. The summed E-state index contributed by atoms with van der Waals surface area (Å²) >= 11 is 6.24. The van der Waals surface area contributed by atoms with Crippen LogP contribution in [0.15, 0.2) is 17.0 Å². The molecule has 1 aromatic rings. The van der Waals surface area contributed by atoms with E-state index in [-0.39, 0.29) is 22.5 Å². The van der Waals surface area contributed by atoms with Gasteiger partial charge in [0, 0.05) is 11.1 Å². The Kier molecular flexibility index (Phi) is 4.66. The maximum Gasteiger partial charge on any atom is 0.263 e. The molecule has 1 amide bonds. The van der Waals surface area contributed by atoms with Gasteiger partial charge in [0.2, 0.25) is 0 Å². The lowest BCUT2D eigenvalue weighted by Gasteiger charge is -2.27. The molecule has 0 aromatic heterocycles. The van der Waals surface area contributed by atoms with Gasteiger partial charge < -0.3 is 10.4 Å². The largest absolute Gasteiger partial charge is 0.507 e. The fourth-order valence-corrected chi connectivity index (χ4v) is 3.37. The Morgan fingerprint density at radius 3 is 2.17 bits per heavy atom. The van der Waals surface area contributed by atoms with E-state index >= 15 is 0 Å². The molecule has 0 atom stereocenters. The van der Waals surface area contributed by atoms with Crippen LogP contribution in [0.1, 0.15) is 58.2 Å². The van der Waals surface area contributed by atoms with E-state index in [2.05, 4.69) is 52.9 Å². The Labute approximate surface area is 147 Å². The van der Waals surface area contributed by atoms with Crippen molar-refractivity contribution in [1.29, 1.82) is 0 Å². The normalized spacial score (nSPS) is 17.7. The Bertz CT molecular complexity index is 707. The number of thioether (sulfide) groups is 1. The zero-order valence-electron chi connectivity index (χ0n) is 14.4. The van der Waals surface area contributed by atoms with Gasteiger partial charge in [0.1, 0.15) is 10.1 Å². The highest BCUT2D eigenvalue weighted by molar-refractivity contribution is 8.26. The van der Waals surface area contributed by atoms with Crippen LogP contribution in [0.3, 0.4) is 0 Å². The summed E-state index contributed by atoms with van der Waals surface area (Å²) in [6, 6.07) is 4.01. The quantitative estimate of drug-likeness (QED) is 0.580. The molecule has 0 unspecified atom stereocenters. The molecule has 1 aliphatic heterocycles. The van der Waals surface area contributed by atoms with Crippen LogP contribution in [0.25, 0.3) is 6.08 Å². The van der Waals surface area contributed by atoms with Gasteiger partial charge in [0.05, 0.1) is 4.91 Å². The molecular formula is C18H23NO2S2. The first-order chi connectivity index (χ1) is 10.4. The topological polar surface area (TPSA) is 49.3 Å². The molecule has 5 heteroatoms. The molecule has 0 aliphatic carbocycles. The molecule has 1 fully saturated rings. The number of hydrogen-bond acceptors (Lipinski definition) is 4. The van der Waals surface area contributed by atoms with Crippen LogP contribution in [0.4, 0.5) is 0 Å². The summed E-state index contributed by atoms with van der Waals surface area (Å²) in [5.41, 5.74) is 2.41. The number of thiocarbonyl (C=S) groups is 1. The fourth-order valence-electron chi connectivity index (χ4n) is 2.33. The molecule has 1 aliphatic rings. The zero-order valence-corrected chi connectivity index (χ0v) is 16.0. The summed E-state index contributed by atoms with van der Waals surface area (Å²) in [5.74, 6) is 0.0158. The number of aromatic hydroxyl groups is 1. The van der Waals surface area contributed by atoms with Crippen LogP contribution in [0, 0.1) is 0 Å². The minimum atomic E-state index is -0.210. The standard InChI is InChI=1S/C18H23NO2S2/c1-17(2,3)11-7-10(8-13-15(21)19-16(22)23-13)14(20)12(9-11)18(4,5)6/h7-9,20H,1-6H3,(H,19,21,22)/b13-8-. The molecule has 2 rings (SSSR count). The van der Waals surface area contributed by atoms with Gasteiger partial charge in [-0.1, -0.05) is 71.6 Å². The van der Waals surface area contributed by atoms with E-state index in [4.69, 9.17) is 12.2 Å². The minimum Gasteiger partial charge on any atom is -0.507 e. The number of phenolic OH excluding ortho intramolecular Hbond substituents is 1. The van der Waals surface area contributed by atoms with Crippen molar-refractivity contribution in [3.8, 4) is 5.75 Å². The van der Waals surface area contributed by atoms with E-state index in [1.54, 1.807) is 6.08 Å². The van der Waals surface area contributed by atoms with E-state index in [0.717, 1.165) is 11.1 Å². The van der Waals surface area contributed by atoms with Gasteiger partial charge in [-0.3, -0.25) is 4.79 Å². The number of benzene rings is 1. The van der Waals surface area contributed by atoms with Crippen LogP contribution >= 0.6 is 24.0 Å². The third-order valence-corrected chi connectivity index (χ3v) is 4.90. The van der Waals surface area contributed by atoms with Crippen LogP contribution in [0.2, 0.25) is 0 Å². The minimum absolute atomic E-state index is 0.0542. The van der Waals surface area contributed by atoms with Gasteiger partial charge in [-0.2, -0.15) is 0 Å². The lowest BCUT2D eigenvalue weighted by molar-refractivity contribution is -0.115. The van der Waals surface area contributed by atoms with Crippen LogP contribution in [-0.2, 0) is 15.6 Å². The molecule has 0 bridgehead atoms. The molecule has 124 valence electrons. The Morgan fingerprint density at radius 2 is 1.74 bits per heavy atom. The first kappa shape index (κ1) is 18.0. The molecule has 0 spiro atoms. The third kappa shape index (κ3) is 3.96. The van der Waals surface area contributed by atoms with Crippen LogP contribution in [-0.4, -0.2) is 15.3 Å². The maximum absolute atomic E-state index is 11.9. The van der Waals surface area contributed by atoms with Crippen molar-refractivity contribution < 1.29 is 9.90 Å². The van der Waals surface area contributed by atoms with Crippen molar-refractivity contribution in [1.82, 2.24) is 5.32 Å². The number of amides is 1. The monoisotopic (exact) mass is 349 g/mol. The zero-order chi connectivity index (χ0) is 17.6. The molecular weight excluding hydrogens is 326 g/mol. The van der Waals surface area contributed by atoms with Gasteiger partial charge in [-0.15, -0.1) is 0 Å². The molecule has 2 N–H and O–H groups in total. The highest BCUT2D eigenvalue weighted by Crippen LogP contribution is 2.39. The second-order valence-electron chi connectivity index (χ2n) is 7.81. The van der Waals surface area contributed by atoms with Gasteiger partial charge >= 0.3 is 0 Å². The lowest BCUT2D eigenvalue weighted by Crippen LogP contribution is -2.18. The van der Waals surface area contributed by atoms with Gasteiger partial charge in [0.15, 0.2) is 0 Å². The van der Waals surface area contributed by atoms with E-state index in [1.807, 2.05) is 6.07 Å². The Hall–Kier alpha value is -1.33. The predicted octanol–water partition coefficient (Wildman–Crippen LogP) is 4.48. The highest BCUT2D eigenvalue weighted by atomic mass is 32.2. The van der Waals surface area contributed by atoms with Crippen LogP contribution < -0.4 is 5.32 Å². The average molecular weight is 350 g/mol. The van der Waals surface area contributed by atoms with Gasteiger partial charge in [0.25, 0.3) is 5.91 Å². The second kappa shape index (κ2) is 5.95. The summed E-state index contributed by atoms with van der Waals surface area (Å²) in [7, 11) is 0. The molecule has 1 heterocycles. The summed E-state index contributed by atoms with van der Waals surface area (Å²) in [6.07, 6.45) is 1.72. The number of carbonyl (C=O) groups excluding carboxylic acids is 1. The number of phenols is 1. The van der Waals surface area contributed by atoms with E-state index in [0.29, 0.717) is 14.8 Å². The summed E-state index contributed by atoms with van der Waals surface area (Å²) in [4.78, 5) is 12.4. The smallest absolute Gasteiger partial charge is 0.263 e.